The SMILES string of the molecule is CCc1ccc(N2C[C@@H](C(=O)Nc3ccc(C(=O)NC)cc3)CC2=O)cc1. The average molecular weight is 365 g/mol. The van der Waals surface area contributed by atoms with E-state index in [1.165, 1.54) is 5.56 Å². The van der Waals surface area contributed by atoms with Gasteiger partial charge >= 0.3 is 0 Å². The van der Waals surface area contributed by atoms with Gasteiger partial charge < -0.3 is 15.5 Å². The maximum atomic E-state index is 12.5. The van der Waals surface area contributed by atoms with Crippen LogP contribution in [0.5, 0.6) is 0 Å². The number of rotatable bonds is 5. The summed E-state index contributed by atoms with van der Waals surface area (Å²) in [6.45, 7) is 2.45. The van der Waals surface area contributed by atoms with E-state index in [2.05, 4.69) is 17.6 Å². The summed E-state index contributed by atoms with van der Waals surface area (Å²) < 4.78 is 0. The lowest BCUT2D eigenvalue weighted by atomic mass is 10.1. The Kier molecular flexibility index (Phi) is 5.54. The van der Waals surface area contributed by atoms with Gasteiger partial charge in [-0.2, -0.15) is 0 Å². The summed E-state index contributed by atoms with van der Waals surface area (Å²) in [5.74, 6) is -0.820. The topological polar surface area (TPSA) is 78.5 Å². The van der Waals surface area contributed by atoms with E-state index in [-0.39, 0.29) is 24.1 Å². The Morgan fingerprint density at radius 1 is 1.07 bits per heavy atom. The van der Waals surface area contributed by atoms with Crippen LogP contribution in [0, 0.1) is 5.92 Å². The van der Waals surface area contributed by atoms with Crippen molar-refractivity contribution < 1.29 is 14.4 Å². The molecule has 3 rings (SSSR count). The van der Waals surface area contributed by atoms with Gasteiger partial charge in [-0.3, -0.25) is 14.4 Å². The van der Waals surface area contributed by atoms with Crippen LogP contribution in [-0.2, 0) is 16.0 Å². The molecule has 0 spiro atoms. The van der Waals surface area contributed by atoms with Crippen LogP contribution in [0.25, 0.3) is 0 Å². The lowest BCUT2D eigenvalue weighted by Crippen LogP contribution is -2.28. The zero-order valence-electron chi connectivity index (χ0n) is 15.5. The maximum Gasteiger partial charge on any atom is 0.251 e. The molecule has 6 heteroatoms. The molecular formula is C21H23N3O3. The predicted octanol–water partition coefficient (Wildman–Crippen LogP) is 2.60. The molecule has 3 amide bonds. The first-order valence-corrected chi connectivity index (χ1v) is 9.04. The van der Waals surface area contributed by atoms with E-state index < -0.39 is 5.92 Å². The fraction of sp³-hybridized carbons (Fsp3) is 0.286. The van der Waals surface area contributed by atoms with Gasteiger partial charge in [0.15, 0.2) is 0 Å². The Bertz CT molecular complexity index is 844. The van der Waals surface area contributed by atoms with Crippen molar-refractivity contribution in [3.05, 3.63) is 59.7 Å². The Balaban J connectivity index is 1.64. The normalized spacial score (nSPS) is 16.3. The minimum absolute atomic E-state index is 0.0469. The fourth-order valence-electron chi connectivity index (χ4n) is 3.14. The summed E-state index contributed by atoms with van der Waals surface area (Å²) in [7, 11) is 1.57. The molecule has 0 unspecified atom stereocenters. The number of amides is 3. The van der Waals surface area contributed by atoms with Crippen LogP contribution in [0.4, 0.5) is 11.4 Å². The number of benzene rings is 2. The highest BCUT2D eigenvalue weighted by atomic mass is 16.2. The summed E-state index contributed by atoms with van der Waals surface area (Å²) in [5.41, 5.74) is 3.15. The Hall–Kier alpha value is -3.15. The first-order chi connectivity index (χ1) is 13.0. The van der Waals surface area contributed by atoms with Gasteiger partial charge in [-0.15, -0.1) is 0 Å². The number of carbonyl (C=O) groups excluding carboxylic acids is 3. The maximum absolute atomic E-state index is 12.5. The number of hydrogen-bond donors (Lipinski definition) is 2. The number of anilines is 2. The minimum atomic E-state index is -0.401. The van der Waals surface area contributed by atoms with Crippen molar-refractivity contribution in [2.45, 2.75) is 19.8 Å². The van der Waals surface area contributed by atoms with Crippen molar-refractivity contribution in [1.29, 1.82) is 0 Å². The fourth-order valence-corrected chi connectivity index (χ4v) is 3.14. The third-order valence-electron chi connectivity index (χ3n) is 4.79. The van der Waals surface area contributed by atoms with Gasteiger partial charge in [-0.1, -0.05) is 19.1 Å². The molecule has 1 atom stereocenters. The van der Waals surface area contributed by atoms with E-state index >= 15 is 0 Å². The standard InChI is InChI=1S/C21H23N3O3/c1-3-14-4-10-18(11-5-14)24-13-16(12-19(24)25)21(27)23-17-8-6-15(7-9-17)20(26)22-2/h4-11,16H,3,12-13H2,1-2H3,(H,22,26)(H,23,27)/t16-/m0/s1. The van der Waals surface area contributed by atoms with Crippen LogP contribution in [0.2, 0.25) is 0 Å². The molecule has 2 aromatic rings. The molecule has 1 aliphatic rings. The second-order valence-electron chi connectivity index (χ2n) is 6.57. The van der Waals surface area contributed by atoms with Gasteiger partial charge in [0.05, 0.1) is 5.92 Å². The largest absolute Gasteiger partial charge is 0.355 e. The second-order valence-corrected chi connectivity index (χ2v) is 6.57. The van der Waals surface area contributed by atoms with E-state index in [0.717, 1.165) is 12.1 Å². The number of nitrogens with one attached hydrogen (secondary N) is 2. The van der Waals surface area contributed by atoms with Crippen LogP contribution in [0.1, 0.15) is 29.3 Å². The van der Waals surface area contributed by atoms with Crippen molar-refractivity contribution in [3.8, 4) is 0 Å². The van der Waals surface area contributed by atoms with Crippen LogP contribution < -0.4 is 15.5 Å². The molecule has 6 nitrogen and oxygen atoms in total. The van der Waals surface area contributed by atoms with E-state index in [4.69, 9.17) is 0 Å². The number of nitrogens with zero attached hydrogens (tertiary/aromatic N) is 1. The predicted molar refractivity (Wildman–Crippen MR) is 105 cm³/mol. The van der Waals surface area contributed by atoms with E-state index in [1.54, 1.807) is 36.2 Å². The summed E-state index contributed by atoms with van der Waals surface area (Å²) >= 11 is 0. The lowest BCUT2D eigenvalue weighted by molar-refractivity contribution is -0.122. The smallest absolute Gasteiger partial charge is 0.251 e. The Morgan fingerprint density at radius 3 is 2.33 bits per heavy atom. The highest BCUT2D eigenvalue weighted by Gasteiger charge is 2.35. The molecular weight excluding hydrogens is 342 g/mol. The van der Waals surface area contributed by atoms with Crippen LogP contribution in [-0.4, -0.2) is 31.3 Å². The monoisotopic (exact) mass is 365 g/mol. The van der Waals surface area contributed by atoms with Crippen LogP contribution >= 0.6 is 0 Å². The summed E-state index contributed by atoms with van der Waals surface area (Å²) in [5, 5.41) is 5.38. The molecule has 0 radical (unpaired) electrons. The molecule has 1 saturated heterocycles. The van der Waals surface area contributed by atoms with Gasteiger partial charge in [0.25, 0.3) is 5.91 Å². The minimum Gasteiger partial charge on any atom is -0.355 e. The number of aryl methyl sites for hydroxylation is 1. The van der Waals surface area contributed by atoms with E-state index in [9.17, 15) is 14.4 Å². The van der Waals surface area contributed by atoms with Crippen molar-refractivity contribution in [3.63, 3.8) is 0 Å². The molecule has 1 heterocycles. The number of carbonyl (C=O) groups is 3. The molecule has 0 aliphatic carbocycles. The van der Waals surface area contributed by atoms with Crippen molar-refractivity contribution in [2.75, 3.05) is 23.8 Å². The lowest BCUT2D eigenvalue weighted by Gasteiger charge is -2.17. The molecule has 0 bridgehead atoms. The van der Waals surface area contributed by atoms with E-state index in [1.807, 2.05) is 24.3 Å². The van der Waals surface area contributed by atoms with Crippen molar-refractivity contribution in [1.82, 2.24) is 5.32 Å². The first kappa shape index (κ1) is 18.6. The van der Waals surface area contributed by atoms with Gasteiger partial charge in [-0.05, 0) is 48.4 Å². The molecule has 0 saturated carbocycles. The number of hydrogen-bond acceptors (Lipinski definition) is 3. The van der Waals surface area contributed by atoms with Gasteiger partial charge in [0.2, 0.25) is 11.8 Å². The Morgan fingerprint density at radius 2 is 1.74 bits per heavy atom. The van der Waals surface area contributed by atoms with E-state index in [0.29, 0.717) is 17.8 Å². The molecule has 2 N–H and O–H groups in total. The summed E-state index contributed by atoms with van der Waals surface area (Å²) in [6, 6.07) is 14.5. The average Bonchev–Trinajstić information content (AvgIpc) is 3.10. The van der Waals surface area contributed by atoms with Gasteiger partial charge in [0.1, 0.15) is 0 Å². The molecule has 140 valence electrons. The quantitative estimate of drug-likeness (QED) is 0.855. The third-order valence-corrected chi connectivity index (χ3v) is 4.79. The summed E-state index contributed by atoms with van der Waals surface area (Å²) in [6.07, 6.45) is 1.13. The molecule has 1 fully saturated rings. The van der Waals surface area contributed by atoms with Gasteiger partial charge in [-0.25, -0.2) is 0 Å². The molecule has 0 aromatic heterocycles. The molecule has 2 aromatic carbocycles. The van der Waals surface area contributed by atoms with Crippen molar-refractivity contribution >= 4 is 29.1 Å². The molecule has 1 aliphatic heterocycles. The second kappa shape index (κ2) is 8.03. The summed E-state index contributed by atoms with van der Waals surface area (Å²) in [4.78, 5) is 38.1. The van der Waals surface area contributed by atoms with Crippen LogP contribution in [0.15, 0.2) is 48.5 Å². The zero-order chi connectivity index (χ0) is 19.4. The van der Waals surface area contributed by atoms with Crippen molar-refractivity contribution in [2.24, 2.45) is 5.92 Å². The first-order valence-electron chi connectivity index (χ1n) is 9.04. The molecule has 27 heavy (non-hydrogen) atoms. The Labute approximate surface area is 158 Å². The van der Waals surface area contributed by atoms with Crippen LogP contribution in [0.3, 0.4) is 0 Å². The van der Waals surface area contributed by atoms with Gasteiger partial charge in [0, 0.05) is 37.0 Å². The highest BCUT2D eigenvalue weighted by molar-refractivity contribution is 6.03. The zero-order valence-corrected chi connectivity index (χ0v) is 15.5. The third kappa shape index (κ3) is 4.16. The highest BCUT2D eigenvalue weighted by Crippen LogP contribution is 2.26.